The average Bonchev–Trinajstić information content (AvgIpc) is 2.36. The third kappa shape index (κ3) is 4.52. The number of nitrogens with zero attached hydrogens (tertiary/aromatic N) is 1. The van der Waals surface area contributed by atoms with Crippen LogP contribution in [0.4, 0.5) is 4.79 Å². The molecular formula is C12H22N2O4. The zero-order valence-electron chi connectivity index (χ0n) is 11.0. The summed E-state index contributed by atoms with van der Waals surface area (Å²) in [6.45, 7) is 4.74. The largest absolute Gasteiger partial charge is 0.480 e. The van der Waals surface area contributed by atoms with Gasteiger partial charge >= 0.3 is 12.0 Å². The Morgan fingerprint density at radius 3 is 2.78 bits per heavy atom. The smallest absolute Gasteiger partial charge is 0.323 e. The van der Waals surface area contributed by atoms with Crippen molar-refractivity contribution in [3.63, 3.8) is 0 Å². The Kier molecular flexibility index (Phi) is 5.91. The second-order valence-corrected chi connectivity index (χ2v) is 4.64. The van der Waals surface area contributed by atoms with E-state index in [4.69, 9.17) is 9.84 Å². The van der Waals surface area contributed by atoms with E-state index >= 15 is 0 Å². The van der Waals surface area contributed by atoms with Crippen LogP contribution in [0.3, 0.4) is 0 Å². The number of nitrogens with one attached hydrogen (secondary N) is 1. The highest BCUT2D eigenvalue weighted by molar-refractivity contribution is 5.80. The van der Waals surface area contributed by atoms with E-state index in [1.807, 2.05) is 13.8 Å². The monoisotopic (exact) mass is 258 g/mol. The number of hydrogen-bond acceptors (Lipinski definition) is 3. The van der Waals surface area contributed by atoms with Gasteiger partial charge in [-0.05, 0) is 26.2 Å². The van der Waals surface area contributed by atoms with E-state index in [9.17, 15) is 9.59 Å². The van der Waals surface area contributed by atoms with Crippen LogP contribution in [0.5, 0.6) is 0 Å². The minimum absolute atomic E-state index is 0.00778. The Morgan fingerprint density at radius 2 is 2.28 bits per heavy atom. The van der Waals surface area contributed by atoms with E-state index in [0.717, 1.165) is 25.9 Å². The van der Waals surface area contributed by atoms with Crippen molar-refractivity contribution in [2.24, 2.45) is 0 Å². The standard InChI is InChI=1S/C12H22N2O4/c1-3-9(2)14(7-11(15)16)12(17)13-10-5-4-6-18-8-10/h9-10H,3-8H2,1-2H3,(H,13,17)(H,15,16). The van der Waals surface area contributed by atoms with Gasteiger partial charge in [-0.1, -0.05) is 6.92 Å². The van der Waals surface area contributed by atoms with Gasteiger partial charge in [-0.25, -0.2) is 4.79 Å². The van der Waals surface area contributed by atoms with E-state index in [-0.39, 0.29) is 24.7 Å². The number of carbonyl (C=O) groups excluding carboxylic acids is 1. The Hall–Kier alpha value is -1.30. The number of rotatable bonds is 5. The summed E-state index contributed by atoms with van der Waals surface area (Å²) in [6, 6.07) is -0.417. The predicted molar refractivity (Wildman–Crippen MR) is 66.5 cm³/mol. The number of urea groups is 1. The molecular weight excluding hydrogens is 236 g/mol. The third-order valence-corrected chi connectivity index (χ3v) is 3.18. The first-order chi connectivity index (χ1) is 8.54. The molecule has 18 heavy (non-hydrogen) atoms. The molecule has 2 unspecified atom stereocenters. The Morgan fingerprint density at radius 1 is 1.56 bits per heavy atom. The fourth-order valence-electron chi connectivity index (χ4n) is 1.91. The van der Waals surface area contributed by atoms with E-state index in [0.29, 0.717) is 6.61 Å². The van der Waals surface area contributed by atoms with Gasteiger partial charge < -0.3 is 20.1 Å². The van der Waals surface area contributed by atoms with Crippen molar-refractivity contribution < 1.29 is 19.4 Å². The topological polar surface area (TPSA) is 78.9 Å². The van der Waals surface area contributed by atoms with Crippen LogP contribution in [0.2, 0.25) is 0 Å². The van der Waals surface area contributed by atoms with Crippen LogP contribution >= 0.6 is 0 Å². The molecule has 0 aliphatic carbocycles. The molecule has 1 saturated heterocycles. The van der Waals surface area contributed by atoms with Gasteiger partial charge in [0, 0.05) is 12.6 Å². The summed E-state index contributed by atoms with van der Waals surface area (Å²) < 4.78 is 5.28. The van der Waals surface area contributed by atoms with Gasteiger partial charge in [0.25, 0.3) is 0 Å². The van der Waals surface area contributed by atoms with Crippen molar-refractivity contribution in [1.29, 1.82) is 0 Å². The first-order valence-electron chi connectivity index (χ1n) is 6.41. The molecule has 0 saturated carbocycles. The van der Waals surface area contributed by atoms with Crippen molar-refractivity contribution >= 4 is 12.0 Å². The van der Waals surface area contributed by atoms with Crippen LogP contribution in [0, 0.1) is 0 Å². The van der Waals surface area contributed by atoms with Gasteiger partial charge in [0.2, 0.25) is 0 Å². The Balaban J connectivity index is 2.54. The number of carboxylic acid groups (broad SMARTS) is 1. The molecule has 1 fully saturated rings. The van der Waals surface area contributed by atoms with Crippen molar-refractivity contribution in [3.8, 4) is 0 Å². The molecule has 0 radical (unpaired) electrons. The summed E-state index contributed by atoms with van der Waals surface area (Å²) in [5.41, 5.74) is 0. The van der Waals surface area contributed by atoms with E-state index in [1.54, 1.807) is 0 Å². The number of amides is 2. The summed E-state index contributed by atoms with van der Waals surface area (Å²) in [7, 11) is 0. The third-order valence-electron chi connectivity index (χ3n) is 3.18. The molecule has 1 rings (SSSR count). The molecule has 104 valence electrons. The van der Waals surface area contributed by atoms with Gasteiger partial charge in [0.15, 0.2) is 0 Å². The normalized spacial score (nSPS) is 21.1. The number of aliphatic carboxylic acids is 1. The molecule has 0 aromatic heterocycles. The van der Waals surface area contributed by atoms with Crippen molar-refractivity contribution in [3.05, 3.63) is 0 Å². The lowest BCUT2D eigenvalue weighted by molar-refractivity contribution is -0.138. The number of carboxylic acids is 1. The van der Waals surface area contributed by atoms with Crippen LogP contribution in [0.1, 0.15) is 33.1 Å². The van der Waals surface area contributed by atoms with Crippen molar-refractivity contribution in [1.82, 2.24) is 10.2 Å². The highest BCUT2D eigenvalue weighted by Crippen LogP contribution is 2.08. The second kappa shape index (κ2) is 7.20. The van der Waals surface area contributed by atoms with Crippen LogP contribution in [-0.4, -0.2) is 53.8 Å². The van der Waals surface area contributed by atoms with Crippen LogP contribution in [-0.2, 0) is 9.53 Å². The molecule has 2 amide bonds. The minimum atomic E-state index is -0.995. The summed E-state index contributed by atoms with van der Waals surface area (Å²) in [4.78, 5) is 24.2. The minimum Gasteiger partial charge on any atom is -0.480 e. The first-order valence-corrected chi connectivity index (χ1v) is 6.41. The highest BCUT2D eigenvalue weighted by atomic mass is 16.5. The fraction of sp³-hybridized carbons (Fsp3) is 0.833. The maximum atomic E-state index is 12.0. The molecule has 2 atom stereocenters. The molecule has 0 spiro atoms. The van der Waals surface area contributed by atoms with E-state index < -0.39 is 5.97 Å². The quantitative estimate of drug-likeness (QED) is 0.773. The first kappa shape index (κ1) is 14.8. The molecule has 1 aliphatic rings. The van der Waals surface area contributed by atoms with Gasteiger partial charge in [-0.2, -0.15) is 0 Å². The van der Waals surface area contributed by atoms with Gasteiger partial charge in [0.1, 0.15) is 6.54 Å². The molecule has 6 nitrogen and oxygen atoms in total. The lowest BCUT2D eigenvalue weighted by atomic mass is 10.1. The molecule has 2 N–H and O–H groups in total. The average molecular weight is 258 g/mol. The SMILES string of the molecule is CCC(C)N(CC(=O)O)C(=O)NC1CCCOC1. The van der Waals surface area contributed by atoms with Crippen LogP contribution in [0.25, 0.3) is 0 Å². The van der Waals surface area contributed by atoms with Crippen molar-refractivity contribution in [2.75, 3.05) is 19.8 Å². The number of ether oxygens (including phenoxy) is 1. The maximum absolute atomic E-state index is 12.0. The lowest BCUT2D eigenvalue weighted by Gasteiger charge is -2.30. The molecule has 1 heterocycles. The maximum Gasteiger partial charge on any atom is 0.323 e. The number of hydrogen-bond donors (Lipinski definition) is 2. The molecule has 0 aromatic rings. The zero-order chi connectivity index (χ0) is 13.5. The number of carbonyl (C=O) groups is 2. The second-order valence-electron chi connectivity index (χ2n) is 4.64. The fourth-order valence-corrected chi connectivity index (χ4v) is 1.91. The van der Waals surface area contributed by atoms with Gasteiger partial charge in [-0.3, -0.25) is 4.79 Å². The van der Waals surface area contributed by atoms with Crippen LogP contribution in [0.15, 0.2) is 0 Å². The lowest BCUT2D eigenvalue weighted by Crippen LogP contribution is -2.51. The molecule has 0 aromatic carbocycles. The molecule has 1 aliphatic heterocycles. The highest BCUT2D eigenvalue weighted by Gasteiger charge is 2.24. The summed E-state index contributed by atoms with van der Waals surface area (Å²) in [5, 5.41) is 11.7. The summed E-state index contributed by atoms with van der Waals surface area (Å²) >= 11 is 0. The summed E-state index contributed by atoms with van der Waals surface area (Å²) in [6.07, 6.45) is 2.53. The van der Waals surface area contributed by atoms with Crippen LogP contribution < -0.4 is 5.32 Å². The van der Waals surface area contributed by atoms with E-state index in [2.05, 4.69) is 5.32 Å². The molecule has 6 heteroatoms. The molecule has 0 bridgehead atoms. The zero-order valence-corrected chi connectivity index (χ0v) is 11.0. The Bertz CT molecular complexity index is 290. The van der Waals surface area contributed by atoms with Gasteiger partial charge in [-0.15, -0.1) is 0 Å². The predicted octanol–water partition coefficient (Wildman–Crippen LogP) is 1.06. The summed E-state index contributed by atoms with van der Waals surface area (Å²) in [5.74, 6) is -0.995. The van der Waals surface area contributed by atoms with Crippen molar-refractivity contribution in [2.45, 2.75) is 45.2 Å². The Labute approximate surface area is 107 Å². The van der Waals surface area contributed by atoms with E-state index in [1.165, 1.54) is 4.90 Å². The van der Waals surface area contributed by atoms with Gasteiger partial charge in [0.05, 0.1) is 12.6 Å².